The van der Waals surface area contributed by atoms with Gasteiger partial charge in [-0.15, -0.1) is 12.3 Å². The standard InChI is InChI=1S/C8H10N2O/c1-2-3-4-8(11)7-5-9-10-6-7/h1,5-6,8,11H,3-4H2,(H,9,10). The van der Waals surface area contributed by atoms with Gasteiger partial charge in [-0.3, -0.25) is 5.10 Å². The average molecular weight is 150 g/mol. The van der Waals surface area contributed by atoms with Gasteiger partial charge in [-0.05, 0) is 6.42 Å². The van der Waals surface area contributed by atoms with E-state index >= 15 is 0 Å². The molecule has 0 bridgehead atoms. The van der Waals surface area contributed by atoms with Crippen LogP contribution in [0.1, 0.15) is 24.5 Å². The third kappa shape index (κ3) is 2.10. The molecular formula is C8H10N2O. The molecule has 2 N–H and O–H groups in total. The lowest BCUT2D eigenvalue weighted by Gasteiger charge is -2.03. The van der Waals surface area contributed by atoms with E-state index in [-0.39, 0.29) is 0 Å². The third-order valence-corrected chi connectivity index (χ3v) is 1.47. The van der Waals surface area contributed by atoms with Gasteiger partial charge in [-0.2, -0.15) is 5.10 Å². The van der Waals surface area contributed by atoms with Gasteiger partial charge in [0, 0.05) is 18.2 Å². The van der Waals surface area contributed by atoms with Crippen LogP contribution >= 0.6 is 0 Å². The predicted molar refractivity (Wildman–Crippen MR) is 41.6 cm³/mol. The van der Waals surface area contributed by atoms with Crippen LogP contribution in [0.5, 0.6) is 0 Å². The molecule has 1 rings (SSSR count). The molecule has 0 saturated heterocycles. The zero-order chi connectivity index (χ0) is 8.10. The highest BCUT2D eigenvalue weighted by Gasteiger charge is 2.06. The van der Waals surface area contributed by atoms with Crippen molar-refractivity contribution in [2.45, 2.75) is 18.9 Å². The first-order valence-electron chi connectivity index (χ1n) is 3.45. The van der Waals surface area contributed by atoms with Gasteiger partial charge in [0.15, 0.2) is 0 Å². The first-order chi connectivity index (χ1) is 5.34. The van der Waals surface area contributed by atoms with Gasteiger partial charge in [0.25, 0.3) is 0 Å². The summed E-state index contributed by atoms with van der Waals surface area (Å²) in [5.41, 5.74) is 0.792. The second-order valence-electron chi connectivity index (χ2n) is 2.29. The third-order valence-electron chi connectivity index (χ3n) is 1.47. The van der Waals surface area contributed by atoms with Crippen molar-refractivity contribution in [3.05, 3.63) is 18.0 Å². The zero-order valence-corrected chi connectivity index (χ0v) is 6.12. The second kappa shape index (κ2) is 3.79. The molecule has 1 atom stereocenters. The molecule has 0 saturated carbocycles. The summed E-state index contributed by atoms with van der Waals surface area (Å²) in [7, 11) is 0. The zero-order valence-electron chi connectivity index (χ0n) is 6.12. The fourth-order valence-electron chi connectivity index (χ4n) is 0.830. The number of nitrogens with one attached hydrogen (secondary N) is 1. The van der Waals surface area contributed by atoms with E-state index in [2.05, 4.69) is 16.1 Å². The molecule has 1 unspecified atom stereocenters. The van der Waals surface area contributed by atoms with Crippen molar-refractivity contribution >= 4 is 0 Å². The van der Waals surface area contributed by atoms with E-state index in [4.69, 9.17) is 6.42 Å². The minimum atomic E-state index is -0.482. The lowest BCUT2D eigenvalue weighted by Crippen LogP contribution is -1.94. The summed E-state index contributed by atoms with van der Waals surface area (Å²) in [5, 5.41) is 15.7. The van der Waals surface area contributed by atoms with Gasteiger partial charge in [-0.25, -0.2) is 0 Å². The summed E-state index contributed by atoms with van der Waals surface area (Å²) >= 11 is 0. The highest BCUT2D eigenvalue weighted by molar-refractivity contribution is 5.06. The Kier molecular flexibility index (Phi) is 2.70. The van der Waals surface area contributed by atoms with Gasteiger partial charge < -0.3 is 5.11 Å². The maximum Gasteiger partial charge on any atom is 0.0829 e. The number of hydrogen-bond donors (Lipinski definition) is 2. The molecule has 0 aliphatic rings. The van der Waals surface area contributed by atoms with Crippen LogP contribution < -0.4 is 0 Å². The van der Waals surface area contributed by atoms with Crippen LogP contribution in [0.15, 0.2) is 12.4 Å². The molecule has 0 aliphatic carbocycles. The molecule has 0 amide bonds. The molecule has 1 aromatic rings. The highest BCUT2D eigenvalue weighted by atomic mass is 16.3. The molecule has 1 heterocycles. The van der Waals surface area contributed by atoms with Crippen LogP contribution in [-0.4, -0.2) is 15.3 Å². The van der Waals surface area contributed by atoms with Crippen LogP contribution in [-0.2, 0) is 0 Å². The molecule has 3 nitrogen and oxygen atoms in total. The molecule has 0 aromatic carbocycles. The Morgan fingerprint density at radius 2 is 2.64 bits per heavy atom. The van der Waals surface area contributed by atoms with E-state index in [0.29, 0.717) is 12.8 Å². The minimum absolute atomic E-state index is 0.482. The number of hydrogen-bond acceptors (Lipinski definition) is 2. The predicted octanol–water partition coefficient (Wildman–Crippen LogP) is 0.856. The second-order valence-corrected chi connectivity index (χ2v) is 2.29. The largest absolute Gasteiger partial charge is 0.388 e. The highest BCUT2D eigenvalue weighted by Crippen LogP contribution is 2.15. The SMILES string of the molecule is C#CCCC(O)c1cn[nH]c1. The van der Waals surface area contributed by atoms with Crippen LogP contribution in [0.4, 0.5) is 0 Å². The maximum atomic E-state index is 9.38. The van der Waals surface area contributed by atoms with Crippen molar-refractivity contribution in [2.75, 3.05) is 0 Å². The van der Waals surface area contributed by atoms with Crippen molar-refractivity contribution < 1.29 is 5.11 Å². The first-order valence-corrected chi connectivity index (χ1v) is 3.45. The van der Waals surface area contributed by atoms with Gasteiger partial charge in [0.1, 0.15) is 0 Å². The topological polar surface area (TPSA) is 48.9 Å². The summed E-state index contributed by atoms with van der Waals surface area (Å²) in [5.74, 6) is 2.47. The Labute approximate surface area is 65.4 Å². The van der Waals surface area contributed by atoms with Crippen LogP contribution in [0, 0.1) is 12.3 Å². The Bertz CT molecular complexity index is 235. The summed E-state index contributed by atoms with van der Waals surface area (Å²) in [6.45, 7) is 0. The fraction of sp³-hybridized carbons (Fsp3) is 0.375. The molecule has 11 heavy (non-hydrogen) atoms. The number of aliphatic hydroxyl groups is 1. The Morgan fingerprint density at radius 3 is 3.18 bits per heavy atom. The Balaban J connectivity index is 2.44. The molecule has 0 radical (unpaired) electrons. The molecule has 0 fully saturated rings. The van der Waals surface area contributed by atoms with Crippen molar-refractivity contribution in [3.63, 3.8) is 0 Å². The number of H-pyrrole nitrogens is 1. The number of aromatic amines is 1. The normalized spacial score (nSPS) is 12.4. The summed E-state index contributed by atoms with van der Waals surface area (Å²) in [6, 6.07) is 0. The Morgan fingerprint density at radius 1 is 1.82 bits per heavy atom. The first kappa shape index (κ1) is 7.83. The van der Waals surface area contributed by atoms with Crippen LogP contribution in [0.2, 0.25) is 0 Å². The number of aromatic nitrogens is 2. The van der Waals surface area contributed by atoms with Crippen LogP contribution in [0.25, 0.3) is 0 Å². The average Bonchev–Trinajstić information content (AvgIpc) is 2.52. The van der Waals surface area contributed by atoms with Gasteiger partial charge in [0.05, 0.1) is 12.3 Å². The van der Waals surface area contributed by atoms with Crippen LogP contribution in [0.3, 0.4) is 0 Å². The minimum Gasteiger partial charge on any atom is -0.388 e. The van der Waals surface area contributed by atoms with Gasteiger partial charge in [-0.1, -0.05) is 0 Å². The van der Waals surface area contributed by atoms with Crippen molar-refractivity contribution in [1.82, 2.24) is 10.2 Å². The summed E-state index contributed by atoms with van der Waals surface area (Å²) < 4.78 is 0. The van der Waals surface area contributed by atoms with Crippen molar-refractivity contribution in [3.8, 4) is 12.3 Å². The monoisotopic (exact) mass is 150 g/mol. The lowest BCUT2D eigenvalue weighted by molar-refractivity contribution is 0.169. The van der Waals surface area contributed by atoms with Crippen molar-refractivity contribution in [1.29, 1.82) is 0 Å². The number of nitrogens with zero attached hydrogens (tertiary/aromatic N) is 1. The molecular weight excluding hydrogens is 140 g/mol. The maximum absolute atomic E-state index is 9.38. The molecule has 1 aromatic heterocycles. The van der Waals surface area contributed by atoms with E-state index in [1.54, 1.807) is 12.4 Å². The smallest absolute Gasteiger partial charge is 0.0829 e. The molecule has 0 aliphatic heterocycles. The number of aliphatic hydroxyl groups excluding tert-OH is 1. The van der Waals surface area contributed by atoms with Gasteiger partial charge >= 0.3 is 0 Å². The molecule has 58 valence electrons. The quantitative estimate of drug-likeness (QED) is 0.628. The molecule has 3 heteroatoms. The Hall–Kier alpha value is -1.27. The summed E-state index contributed by atoms with van der Waals surface area (Å²) in [6.07, 6.45) is 9.01. The van der Waals surface area contributed by atoms with E-state index in [9.17, 15) is 5.11 Å². The molecule has 0 spiro atoms. The van der Waals surface area contributed by atoms with Crippen molar-refractivity contribution in [2.24, 2.45) is 0 Å². The summed E-state index contributed by atoms with van der Waals surface area (Å²) in [4.78, 5) is 0. The van der Waals surface area contributed by atoms with E-state index < -0.39 is 6.10 Å². The van der Waals surface area contributed by atoms with Gasteiger partial charge in [0.2, 0.25) is 0 Å². The lowest BCUT2D eigenvalue weighted by atomic mass is 10.1. The number of terminal acetylenes is 1. The van der Waals surface area contributed by atoms with E-state index in [1.807, 2.05) is 0 Å². The van der Waals surface area contributed by atoms with E-state index in [1.165, 1.54) is 0 Å². The van der Waals surface area contributed by atoms with E-state index in [0.717, 1.165) is 5.56 Å². The number of rotatable bonds is 3. The fourth-order valence-corrected chi connectivity index (χ4v) is 0.830.